The first kappa shape index (κ1) is 26.9. The summed E-state index contributed by atoms with van der Waals surface area (Å²) in [6.07, 6.45) is -12.9. The van der Waals surface area contributed by atoms with Gasteiger partial charge >= 0.3 is 5.97 Å². The smallest absolute Gasteiger partial charge is 0.335 e. The highest BCUT2D eigenvalue weighted by atomic mass is 16.7. The number of fused-ring (bicyclic) bond motifs is 3. The Morgan fingerprint density at radius 3 is 2.05 bits per heavy atom. The molecule has 2 aliphatic carbocycles. The van der Waals surface area contributed by atoms with E-state index in [1.54, 1.807) is 0 Å². The molecule has 2 aromatic carbocycles. The molecule has 1 saturated heterocycles. The molecule has 0 spiro atoms. The summed E-state index contributed by atoms with van der Waals surface area (Å²) in [6, 6.07) is 5.74. The van der Waals surface area contributed by atoms with E-state index in [-0.39, 0.29) is 22.3 Å². The third-order valence-corrected chi connectivity index (χ3v) is 7.54. The van der Waals surface area contributed by atoms with Gasteiger partial charge in [0, 0.05) is 35.1 Å². The molecule has 5 rings (SSSR count). The molecular weight excluding hydrogens is 520 g/mol. The molecule has 0 amide bonds. The molecule has 1 heterocycles. The van der Waals surface area contributed by atoms with Crippen LogP contribution in [0.3, 0.4) is 0 Å². The minimum Gasteiger partial charge on any atom is -0.507 e. The van der Waals surface area contributed by atoms with Gasteiger partial charge in [0.25, 0.3) is 0 Å². The van der Waals surface area contributed by atoms with Gasteiger partial charge in [-0.15, -0.1) is 0 Å². The number of ether oxygens (including phenoxy) is 2. The highest BCUT2D eigenvalue weighted by Gasteiger charge is 2.52. The molecule has 0 unspecified atom stereocenters. The standard InChI is InChI=1S/C26H24O13/c1-8(27)26(37)6-11-13(12(7-26)38-25-22(34)20(32)21(33)23(39-25)24(35)36)19(31)15-14(18(11)30)16(28)9-4-2-3-5-10(9)17(15)29/h2-5,12,20-23,25,30-34,37H,6-7H2,1H3,(H,35,36)/t12-,20+,21+,22-,23+,25-,26-/m1/s1. The lowest BCUT2D eigenvalue weighted by Gasteiger charge is -2.43. The van der Waals surface area contributed by atoms with Crippen LogP contribution in [0, 0.1) is 0 Å². The summed E-state index contributed by atoms with van der Waals surface area (Å²) >= 11 is 0. The van der Waals surface area contributed by atoms with E-state index in [9.17, 15) is 54.9 Å². The van der Waals surface area contributed by atoms with Crippen LogP contribution in [0.15, 0.2) is 24.3 Å². The van der Waals surface area contributed by atoms with Gasteiger partial charge in [-0.05, 0) is 6.92 Å². The predicted molar refractivity (Wildman–Crippen MR) is 125 cm³/mol. The zero-order valence-electron chi connectivity index (χ0n) is 20.3. The number of aliphatic carboxylic acids is 1. The number of aliphatic hydroxyl groups excluding tert-OH is 3. The summed E-state index contributed by atoms with van der Waals surface area (Å²) in [5, 5.41) is 73.5. The zero-order valence-corrected chi connectivity index (χ0v) is 20.3. The summed E-state index contributed by atoms with van der Waals surface area (Å²) in [5.74, 6) is -5.61. The van der Waals surface area contributed by atoms with Crippen LogP contribution < -0.4 is 0 Å². The van der Waals surface area contributed by atoms with Crippen molar-refractivity contribution in [2.24, 2.45) is 0 Å². The van der Waals surface area contributed by atoms with Gasteiger partial charge in [0.15, 0.2) is 29.7 Å². The molecule has 0 radical (unpaired) electrons. The van der Waals surface area contributed by atoms with Gasteiger partial charge in [0.2, 0.25) is 0 Å². The van der Waals surface area contributed by atoms with E-state index in [1.807, 2.05) is 0 Å². The Morgan fingerprint density at radius 2 is 1.51 bits per heavy atom. The first-order valence-corrected chi connectivity index (χ1v) is 11.9. The van der Waals surface area contributed by atoms with Gasteiger partial charge in [-0.3, -0.25) is 14.4 Å². The van der Waals surface area contributed by atoms with E-state index in [0.717, 1.165) is 6.92 Å². The number of phenolic OH excluding ortho intramolecular Hbond substituents is 2. The van der Waals surface area contributed by atoms with Gasteiger partial charge < -0.3 is 45.2 Å². The van der Waals surface area contributed by atoms with Gasteiger partial charge in [-0.25, -0.2) is 4.79 Å². The highest BCUT2D eigenvalue weighted by Crippen LogP contribution is 2.52. The number of hydrogen-bond acceptors (Lipinski definition) is 12. The number of benzene rings is 2. The van der Waals surface area contributed by atoms with E-state index in [4.69, 9.17) is 9.47 Å². The summed E-state index contributed by atoms with van der Waals surface area (Å²) < 4.78 is 10.8. The maximum atomic E-state index is 13.3. The fraction of sp³-hybridized carbons (Fsp3) is 0.385. The van der Waals surface area contributed by atoms with Gasteiger partial charge in [0.1, 0.15) is 35.4 Å². The molecule has 1 fully saturated rings. The van der Waals surface area contributed by atoms with Crippen LogP contribution in [-0.2, 0) is 25.5 Å². The number of ketones is 3. The minimum atomic E-state index is -2.22. The van der Waals surface area contributed by atoms with Crippen LogP contribution >= 0.6 is 0 Å². The van der Waals surface area contributed by atoms with Crippen molar-refractivity contribution in [2.45, 2.75) is 62.2 Å². The third kappa shape index (κ3) is 3.93. The number of aromatic hydroxyl groups is 2. The van der Waals surface area contributed by atoms with Crippen LogP contribution in [-0.4, -0.2) is 95.4 Å². The average Bonchev–Trinajstić information content (AvgIpc) is 2.89. The number of carbonyl (C=O) groups is 4. The number of carboxylic acid groups (broad SMARTS) is 1. The van der Waals surface area contributed by atoms with Gasteiger partial charge in [-0.1, -0.05) is 24.3 Å². The lowest BCUT2D eigenvalue weighted by Crippen LogP contribution is -2.60. The summed E-state index contributed by atoms with van der Waals surface area (Å²) in [4.78, 5) is 50.6. The topological polar surface area (TPSA) is 228 Å². The molecule has 7 atom stereocenters. The molecular formula is C26H24O13. The number of aliphatic hydroxyl groups is 4. The van der Waals surface area contributed by atoms with Crippen molar-refractivity contribution in [2.75, 3.05) is 0 Å². The zero-order chi connectivity index (χ0) is 28.5. The maximum absolute atomic E-state index is 13.3. The summed E-state index contributed by atoms with van der Waals surface area (Å²) in [6.45, 7) is 1.05. The van der Waals surface area contributed by atoms with E-state index in [2.05, 4.69) is 0 Å². The average molecular weight is 544 g/mol. The van der Waals surface area contributed by atoms with E-state index < -0.39 is 101 Å². The van der Waals surface area contributed by atoms with Crippen LogP contribution in [0.5, 0.6) is 11.5 Å². The normalized spacial score (nSPS) is 31.7. The largest absolute Gasteiger partial charge is 0.507 e. The Morgan fingerprint density at radius 1 is 0.949 bits per heavy atom. The van der Waals surface area contributed by atoms with Gasteiger partial charge in [-0.2, -0.15) is 0 Å². The second-order valence-corrected chi connectivity index (χ2v) is 9.87. The quantitative estimate of drug-likeness (QED) is 0.198. The molecule has 13 heteroatoms. The lowest BCUT2D eigenvalue weighted by atomic mass is 9.72. The number of hydrogen-bond donors (Lipinski definition) is 7. The lowest BCUT2D eigenvalue weighted by molar-refractivity contribution is -0.308. The van der Waals surface area contributed by atoms with E-state index in [0.29, 0.717) is 0 Å². The summed E-state index contributed by atoms with van der Waals surface area (Å²) in [7, 11) is 0. The van der Waals surface area contributed by atoms with Crippen molar-refractivity contribution in [1.29, 1.82) is 0 Å². The van der Waals surface area contributed by atoms with Crippen LogP contribution in [0.4, 0.5) is 0 Å². The molecule has 0 saturated carbocycles. The van der Waals surface area contributed by atoms with Crippen molar-refractivity contribution in [3.63, 3.8) is 0 Å². The Balaban J connectivity index is 1.67. The van der Waals surface area contributed by atoms with Crippen molar-refractivity contribution in [3.8, 4) is 11.5 Å². The Labute approximate surface area is 219 Å². The molecule has 0 aromatic heterocycles. The Kier molecular flexibility index (Phi) is 6.33. The number of phenols is 2. The molecule has 3 aliphatic rings. The number of carboxylic acids is 1. The minimum absolute atomic E-state index is 0.0268. The fourth-order valence-corrected chi connectivity index (χ4v) is 5.39. The van der Waals surface area contributed by atoms with Crippen LogP contribution in [0.25, 0.3) is 0 Å². The number of rotatable bonds is 4. The highest BCUT2D eigenvalue weighted by molar-refractivity contribution is 6.30. The number of Topliss-reactive ketones (excluding diaryl/α,β-unsaturated/α-hetero) is 1. The maximum Gasteiger partial charge on any atom is 0.335 e. The predicted octanol–water partition coefficient (Wildman–Crippen LogP) is -0.911. The van der Waals surface area contributed by atoms with E-state index >= 15 is 0 Å². The van der Waals surface area contributed by atoms with Crippen molar-refractivity contribution >= 4 is 23.3 Å². The number of carbonyl (C=O) groups excluding carboxylic acids is 3. The molecule has 7 N–H and O–H groups in total. The van der Waals surface area contributed by atoms with Crippen molar-refractivity contribution in [1.82, 2.24) is 0 Å². The van der Waals surface area contributed by atoms with Crippen LogP contribution in [0.2, 0.25) is 0 Å². The Bertz CT molecular complexity index is 1430. The second kappa shape index (κ2) is 9.19. The second-order valence-electron chi connectivity index (χ2n) is 9.87. The molecule has 1 aliphatic heterocycles. The summed E-state index contributed by atoms with van der Waals surface area (Å²) in [5.41, 5.74) is -3.95. The van der Waals surface area contributed by atoms with E-state index in [1.165, 1.54) is 24.3 Å². The fourth-order valence-electron chi connectivity index (χ4n) is 5.39. The molecule has 206 valence electrons. The first-order valence-electron chi connectivity index (χ1n) is 11.9. The molecule has 13 nitrogen and oxygen atoms in total. The van der Waals surface area contributed by atoms with Crippen molar-refractivity contribution < 1.29 is 64.4 Å². The Hall–Kier alpha value is -3.72. The molecule has 39 heavy (non-hydrogen) atoms. The SMILES string of the molecule is CC(=O)[C@@]1(O)Cc2c(O)c3c(c(O)c2[C@H](O[C@@H]2O[C@H](C(=O)O)[C@@H](O)[C@H](O)[C@H]2O)C1)C(=O)c1ccccc1C3=O. The molecule has 0 bridgehead atoms. The first-order chi connectivity index (χ1) is 18.3. The van der Waals surface area contributed by atoms with Crippen molar-refractivity contribution in [3.05, 3.63) is 57.6 Å². The third-order valence-electron chi connectivity index (χ3n) is 7.54. The monoisotopic (exact) mass is 544 g/mol. The molecule has 2 aromatic rings. The van der Waals surface area contributed by atoms with Crippen LogP contribution in [0.1, 0.15) is 62.4 Å². The van der Waals surface area contributed by atoms with Gasteiger partial charge in [0.05, 0.1) is 17.2 Å².